The minimum atomic E-state index is 0. The second-order valence-electron chi connectivity index (χ2n) is 7.62. The predicted octanol–water partition coefficient (Wildman–Crippen LogP) is 3.02. The molecule has 1 N–H and O–H groups in total. The van der Waals surface area contributed by atoms with Crippen molar-refractivity contribution in [2.45, 2.75) is 44.8 Å². The Morgan fingerprint density at radius 1 is 1.17 bits per heavy atom. The number of benzene rings is 1. The molecular formula is C22H35IN4O3. The Balaban J connectivity index is 0.00000320. The van der Waals surface area contributed by atoms with Gasteiger partial charge in [0.1, 0.15) is 0 Å². The van der Waals surface area contributed by atoms with E-state index in [9.17, 15) is 4.79 Å². The number of aliphatic imine (C=N–C) groups is 1. The Bertz CT molecular complexity index is 675. The Kier molecular flexibility index (Phi) is 10.9. The van der Waals surface area contributed by atoms with E-state index in [1.165, 1.54) is 5.56 Å². The molecule has 2 fully saturated rings. The second kappa shape index (κ2) is 13.1. The summed E-state index contributed by atoms with van der Waals surface area (Å²) >= 11 is 0. The minimum Gasteiger partial charge on any atom is -0.385 e. The summed E-state index contributed by atoms with van der Waals surface area (Å²) in [6.45, 7) is 4.97. The number of methoxy groups -OCH3 is 1. The maximum atomic E-state index is 11.9. The molecule has 3 rings (SSSR count). The molecule has 2 aliphatic rings. The molecule has 1 aromatic rings. The van der Waals surface area contributed by atoms with Gasteiger partial charge in [-0.25, -0.2) is 0 Å². The van der Waals surface area contributed by atoms with Crippen LogP contribution in [0, 0.1) is 0 Å². The molecule has 7 nitrogen and oxygen atoms in total. The van der Waals surface area contributed by atoms with Gasteiger partial charge in [0.15, 0.2) is 5.96 Å². The molecule has 2 saturated heterocycles. The zero-order valence-electron chi connectivity index (χ0n) is 18.1. The molecule has 0 radical (unpaired) electrons. The highest BCUT2D eigenvalue weighted by Crippen LogP contribution is 2.21. The van der Waals surface area contributed by atoms with Gasteiger partial charge in [0, 0.05) is 65.7 Å². The highest BCUT2D eigenvalue weighted by atomic mass is 127. The van der Waals surface area contributed by atoms with Crippen molar-refractivity contribution in [2.75, 3.05) is 51.9 Å². The summed E-state index contributed by atoms with van der Waals surface area (Å²) < 4.78 is 11.0. The summed E-state index contributed by atoms with van der Waals surface area (Å²) in [5.74, 6) is 1.16. The number of halogens is 1. The van der Waals surface area contributed by atoms with Gasteiger partial charge < -0.3 is 24.6 Å². The van der Waals surface area contributed by atoms with Crippen molar-refractivity contribution in [1.82, 2.24) is 10.2 Å². The first-order chi connectivity index (χ1) is 14.2. The lowest BCUT2D eigenvalue weighted by Gasteiger charge is -2.34. The highest BCUT2D eigenvalue weighted by molar-refractivity contribution is 14.0. The summed E-state index contributed by atoms with van der Waals surface area (Å²) in [7, 11) is 3.55. The van der Waals surface area contributed by atoms with Crippen LogP contribution < -0.4 is 10.2 Å². The first-order valence-corrected chi connectivity index (χ1v) is 10.7. The van der Waals surface area contributed by atoms with E-state index < -0.39 is 0 Å². The monoisotopic (exact) mass is 530 g/mol. The zero-order chi connectivity index (χ0) is 20.5. The molecule has 2 heterocycles. The molecule has 0 aliphatic carbocycles. The van der Waals surface area contributed by atoms with Crippen molar-refractivity contribution >= 4 is 41.5 Å². The van der Waals surface area contributed by atoms with E-state index >= 15 is 0 Å². The van der Waals surface area contributed by atoms with Crippen molar-refractivity contribution in [1.29, 1.82) is 0 Å². The number of carbonyl (C=O) groups is 1. The van der Waals surface area contributed by atoms with Gasteiger partial charge in [0.2, 0.25) is 5.91 Å². The molecule has 168 valence electrons. The number of hydrogen-bond donors (Lipinski definition) is 1. The number of nitrogens with zero attached hydrogens (tertiary/aromatic N) is 3. The van der Waals surface area contributed by atoms with Crippen LogP contribution in [0.15, 0.2) is 29.3 Å². The minimum absolute atomic E-state index is 0. The van der Waals surface area contributed by atoms with Gasteiger partial charge in [-0.3, -0.25) is 9.79 Å². The summed E-state index contributed by atoms with van der Waals surface area (Å²) in [5.41, 5.74) is 2.17. The SMILES string of the molecule is CN=C(NCc1ccc(N2CCCC2=O)cc1)N1CCC(OCCCOC)CC1.I. The summed E-state index contributed by atoms with van der Waals surface area (Å²) in [4.78, 5) is 20.5. The molecule has 30 heavy (non-hydrogen) atoms. The predicted molar refractivity (Wildman–Crippen MR) is 131 cm³/mol. The lowest BCUT2D eigenvalue weighted by Crippen LogP contribution is -2.46. The molecule has 0 unspecified atom stereocenters. The van der Waals surface area contributed by atoms with Crippen LogP contribution >= 0.6 is 24.0 Å². The van der Waals surface area contributed by atoms with E-state index in [1.807, 2.05) is 24.1 Å². The van der Waals surface area contributed by atoms with Crippen molar-refractivity contribution < 1.29 is 14.3 Å². The molecule has 2 aliphatic heterocycles. The number of piperidine rings is 1. The van der Waals surface area contributed by atoms with Crippen LogP contribution in [-0.4, -0.2) is 69.9 Å². The Labute approximate surface area is 197 Å². The number of rotatable bonds is 8. The van der Waals surface area contributed by atoms with Crippen molar-refractivity contribution in [2.24, 2.45) is 4.99 Å². The largest absolute Gasteiger partial charge is 0.385 e. The van der Waals surface area contributed by atoms with Crippen LogP contribution in [0.2, 0.25) is 0 Å². The topological polar surface area (TPSA) is 66.4 Å². The molecule has 0 atom stereocenters. The van der Waals surface area contributed by atoms with Crippen LogP contribution in [0.4, 0.5) is 5.69 Å². The van der Waals surface area contributed by atoms with Crippen molar-refractivity contribution in [3.8, 4) is 0 Å². The summed E-state index contributed by atoms with van der Waals surface area (Å²) in [6, 6.07) is 8.24. The maximum absolute atomic E-state index is 11.9. The number of carbonyl (C=O) groups excluding carboxylic acids is 1. The quantitative estimate of drug-likeness (QED) is 0.242. The maximum Gasteiger partial charge on any atom is 0.227 e. The molecule has 0 bridgehead atoms. The average molecular weight is 530 g/mol. The van der Waals surface area contributed by atoms with E-state index in [-0.39, 0.29) is 29.9 Å². The van der Waals surface area contributed by atoms with Gasteiger partial charge in [-0.15, -0.1) is 24.0 Å². The van der Waals surface area contributed by atoms with Crippen LogP contribution in [0.3, 0.4) is 0 Å². The molecule has 0 aromatic heterocycles. The van der Waals surface area contributed by atoms with Gasteiger partial charge in [0.25, 0.3) is 0 Å². The van der Waals surface area contributed by atoms with Crippen LogP contribution in [0.5, 0.6) is 0 Å². The number of amides is 1. The first kappa shape index (κ1) is 24.9. The lowest BCUT2D eigenvalue weighted by molar-refractivity contribution is -0.117. The molecule has 1 amide bonds. The fourth-order valence-electron chi connectivity index (χ4n) is 3.92. The molecular weight excluding hydrogens is 495 g/mol. The van der Waals surface area contributed by atoms with Crippen molar-refractivity contribution in [3.63, 3.8) is 0 Å². The van der Waals surface area contributed by atoms with E-state index in [2.05, 4.69) is 27.3 Å². The Morgan fingerprint density at radius 2 is 1.90 bits per heavy atom. The van der Waals surface area contributed by atoms with E-state index in [0.29, 0.717) is 19.1 Å². The smallest absolute Gasteiger partial charge is 0.227 e. The summed E-state index contributed by atoms with van der Waals surface area (Å²) in [5, 5.41) is 3.47. The van der Waals surface area contributed by atoms with Gasteiger partial charge in [0.05, 0.1) is 6.10 Å². The van der Waals surface area contributed by atoms with E-state index in [1.54, 1.807) is 7.11 Å². The van der Waals surface area contributed by atoms with Gasteiger partial charge in [-0.1, -0.05) is 12.1 Å². The highest BCUT2D eigenvalue weighted by Gasteiger charge is 2.23. The molecule has 1 aromatic carbocycles. The number of likely N-dealkylation sites (tertiary alicyclic amines) is 1. The Hall–Kier alpha value is -1.39. The number of ether oxygens (including phenoxy) is 2. The third kappa shape index (κ3) is 7.09. The zero-order valence-corrected chi connectivity index (χ0v) is 20.5. The van der Waals surface area contributed by atoms with Crippen LogP contribution in [-0.2, 0) is 20.8 Å². The Morgan fingerprint density at radius 3 is 2.50 bits per heavy atom. The number of anilines is 1. The second-order valence-corrected chi connectivity index (χ2v) is 7.62. The summed E-state index contributed by atoms with van der Waals surface area (Å²) in [6.07, 6.45) is 4.94. The third-order valence-electron chi connectivity index (χ3n) is 5.57. The fraction of sp³-hybridized carbons (Fsp3) is 0.636. The van der Waals surface area contributed by atoms with E-state index in [4.69, 9.17) is 9.47 Å². The average Bonchev–Trinajstić information content (AvgIpc) is 3.19. The van der Waals surface area contributed by atoms with Crippen molar-refractivity contribution in [3.05, 3.63) is 29.8 Å². The first-order valence-electron chi connectivity index (χ1n) is 10.7. The van der Waals surface area contributed by atoms with Gasteiger partial charge in [-0.05, 0) is 43.4 Å². The van der Waals surface area contributed by atoms with Crippen LogP contribution in [0.1, 0.15) is 37.7 Å². The normalized spacial score (nSPS) is 17.9. The lowest BCUT2D eigenvalue weighted by atomic mass is 10.1. The molecule has 0 spiro atoms. The standard InChI is InChI=1S/C22H34N4O3.HI/c1-23-22(25-13-10-20(11-14-25)29-16-4-15-28-2)24-17-18-6-8-19(9-7-18)26-12-3-5-21(26)27;/h6-9,20H,3-5,10-17H2,1-2H3,(H,23,24);1H. The fourth-order valence-corrected chi connectivity index (χ4v) is 3.92. The van der Waals surface area contributed by atoms with Gasteiger partial charge in [-0.2, -0.15) is 0 Å². The number of nitrogens with one attached hydrogen (secondary N) is 1. The molecule has 8 heteroatoms. The van der Waals surface area contributed by atoms with E-state index in [0.717, 1.165) is 70.2 Å². The number of hydrogen-bond acceptors (Lipinski definition) is 4. The number of guanidine groups is 1. The molecule has 0 saturated carbocycles. The van der Waals surface area contributed by atoms with Crippen LogP contribution in [0.25, 0.3) is 0 Å². The van der Waals surface area contributed by atoms with Gasteiger partial charge >= 0.3 is 0 Å². The third-order valence-corrected chi connectivity index (χ3v) is 5.57.